The van der Waals surface area contributed by atoms with Crippen molar-refractivity contribution in [2.45, 2.75) is 6.67 Å². The SMILES string of the molecule is COC(=O)Nc1nc2cc(C(=O)c3ccccc3)ccc2n1CN(C)C. The number of hydrogen-bond donors (Lipinski definition) is 1. The highest BCUT2D eigenvalue weighted by Gasteiger charge is 2.16. The van der Waals surface area contributed by atoms with E-state index in [1.54, 1.807) is 24.3 Å². The Morgan fingerprint density at radius 1 is 1.12 bits per heavy atom. The summed E-state index contributed by atoms with van der Waals surface area (Å²) in [4.78, 5) is 30.7. The number of amides is 1. The zero-order valence-corrected chi connectivity index (χ0v) is 14.9. The Morgan fingerprint density at radius 2 is 1.85 bits per heavy atom. The Labute approximate surface area is 151 Å². The summed E-state index contributed by atoms with van der Waals surface area (Å²) in [6, 6.07) is 14.4. The van der Waals surface area contributed by atoms with Gasteiger partial charge >= 0.3 is 6.09 Å². The van der Waals surface area contributed by atoms with Crippen LogP contribution in [0.4, 0.5) is 10.7 Å². The third-order valence-electron chi connectivity index (χ3n) is 3.87. The summed E-state index contributed by atoms with van der Waals surface area (Å²) < 4.78 is 6.51. The van der Waals surface area contributed by atoms with E-state index in [9.17, 15) is 9.59 Å². The van der Waals surface area contributed by atoms with Crippen LogP contribution in [0.15, 0.2) is 48.5 Å². The third-order valence-corrected chi connectivity index (χ3v) is 3.87. The maximum absolute atomic E-state index is 12.7. The Hall–Kier alpha value is -3.19. The first-order valence-corrected chi connectivity index (χ1v) is 8.09. The number of anilines is 1. The fraction of sp³-hybridized carbons (Fsp3) is 0.211. The van der Waals surface area contributed by atoms with E-state index in [-0.39, 0.29) is 5.78 Å². The molecule has 1 heterocycles. The van der Waals surface area contributed by atoms with Crippen LogP contribution in [0.5, 0.6) is 0 Å². The summed E-state index contributed by atoms with van der Waals surface area (Å²) in [5, 5.41) is 2.61. The summed E-state index contributed by atoms with van der Waals surface area (Å²) in [6.45, 7) is 0.516. The van der Waals surface area contributed by atoms with E-state index < -0.39 is 6.09 Å². The molecule has 0 fully saturated rings. The molecule has 2 aromatic carbocycles. The number of fused-ring (bicyclic) bond motifs is 1. The van der Waals surface area contributed by atoms with Gasteiger partial charge in [0.1, 0.15) is 0 Å². The number of imidazole rings is 1. The van der Waals surface area contributed by atoms with Gasteiger partial charge in [-0.3, -0.25) is 19.6 Å². The molecule has 0 saturated carbocycles. The normalized spacial score (nSPS) is 10.9. The van der Waals surface area contributed by atoms with Gasteiger partial charge in [-0.15, -0.1) is 0 Å². The Morgan fingerprint density at radius 3 is 2.50 bits per heavy atom. The number of hydrogen-bond acceptors (Lipinski definition) is 5. The van der Waals surface area contributed by atoms with Crippen LogP contribution in [-0.2, 0) is 11.4 Å². The lowest BCUT2D eigenvalue weighted by atomic mass is 10.0. The first-order chi connectivity index (χ1) is 12.5. The molecule has 3 aromatic rings. The molecule has 0 radical (unpaired) electrons. The second-order valence-corrected chi connectivity index (χ2v) is 6.10. The number of ether oxygens (including phenoxy) is 1. The second kappa shape index (κ2) is 7.37. The van der Waals surface area contributed by atoms with Crippen molar-refractivity contribution in [2.75, 3.05) is 26.5 Å². The Bertz CT molecular complexity index is 948. The molecule has 1 aromatic heterocycles. The number of carbonyl (C=O) groups excluding carboxylic acids is 2. The molecule has 0 spiro atoms. The molecule has 26 heavy (non-hydrogen) atoms. The molecule has 0 bridgehead atoms. The molecule has 1 N–H and O–H groups in total. The molecule has 0 aliphatic heterocycles. The number of benzene rings is 2. The van der Waals surface area contributed by atoms with Crippen molar-refractivity contribution in [3.05, 3.63) is 59.7 Å². The van der Waals surface area contributed by atoms with Crippen LogP contribution in [0.3, 0.4) is 0 Å². The molecule has 7 nitrogen and oxygen atoms in total. The fourth-order valence-corrected chi connectivity index (χ4v) is 2.69. The average molecular weight is 352 g/mol. The van der Waals surface area contributed by atoms with Gasteiger partial charge < -0.3 is 4.74 Å². The van der Waals surface area contributed by atoms with Crippen LogP contribution in [0, 0.1) is 0 Å². The highest BCUT2D eigenvalue weighted by atomic mass is 16.5. The van der Waals surface area contributed by atoms with Crippen molar-refractivity contribution in [3.8, 4) is 0 Å². The number of rotatable bonds is 5. The molecule has 0 unspecified atom stereocenters. The molecule has 3 rings (SSSR count). The van der Waals surface area contributed by atoms with E-state index in [1.807, 2.05) is 47.8 Å². The van der Waals surface area contributed by atoms with Gasteiger partial charge in [0, 0.05) is 11.1 Å². The zero-order chi connectivity index (χ0) is 18.7. The standard InChI is InChI=1S/C19H20N4O3/c1-22(2)12-23-16-10-9-14(17(24)13-7-5-4-6-8-13)11-15(16)20-18(23)21-19(25)26-3/h4-11H,12H2,1-3H3,(H,20,21,25). The molecule has 0 aliphatic carbocycles. The molecular weight excluding hydrogens is 332 g/mol. The lowest BCUT2D eigenvalue weighted by Gasteiger charge is -2.14. The number of nitrogens with one attached hydrogen (secondary N) is 1. The monoisotopic (exact) mass is 352 g/mol. The van der Waals surface area contributed by atoms with E-state index in [1.165, 1.54) is 7.11 Å². The Kier molecular flexibility index (Phi) is 4.99. The highest BCUT2D eigenvalue weighted by Crippen LogP contribution is 2.23. The summed E-state index contributed by atoms with van der Waals surface area (Å²) in [5.41, 5.74) is 2.60. The van der Waals surface area contributed by atoms with Gasteiger partial charge in [0.15, 0.2) is 5.78 Å². The largest absolute Gasteiger partial charge is 0.453 e. The smallest absolute Gasteiger partial charge is 0.413 e. The Balaban J connectivity index is 2.04. The van der Waals surface area contributed by atoms with E-state index in [0.29, 0.717) is 29.3 Å². The molecular formula is C19H20N4O3. The fourth-order valence-electron chi connectivity index (χ4n) is 2.69. The minimum Gasteiger partial charge on any atom is -0.453 e. The van der Waals surface area contributed by atoms with Crippen molar-refractivity contribution >= 4 is 28.9 Å². The molecule has 0 aliphatic rings. The van der Waals surface area contributed by atoms with E-state index in [2.05, 4.69) is 15.0 Å². The number of ketones is 1. The van der Waals surface area contributed by atoms with Crippen LogP contribution in [-0.4, -0.2) is 47.5 Å². The molecule has 1 amide bonds. The predicted molar refractivity (Wildman–Crippen MR) is 99.3 cm³/mol. The highest BCUT2D eigenvalue weighted by molar-refractivity contribution is 6.10. The van der Waals surface area contributed by atoms with Crippen molar-refractivity contribution in [1.29, 1.82) is 0 Å². The van der Waals surface area contributed by atoms with Crippen molar-refractivity contribution < 1.29 is 14.3 Å². The second-order valence-electron chi connectivity index (χ2n) is 6.10. The third kappa shape index (κ3) is 3.57. The zero-order valence-electron chi connectivity index (χ0n) is 14.9. The summed E-state index contributed by atoms with van der Waals surface area (Å²) in [6.07, 6.45) is -0.596. The summed E-state index contributed by atoms with van der Waals surface area (Å²) in [5.74, 6) is 0.294. The van der Waals surface area contributed by atoms with E-state index in [0.717, 1.165) is 5.52 Å². The van der Waals surface area contributed by atoms with Crippen LogP contribution in [0.1, 0.15) is 15.9 Å². The number of nitrogens with zero attached hydrogens (tertiary/aromatic N) is 3. The summed E-state index contributed by atoms with van der Waals surface area (Å²) >= 11 is 0. The lowest BCUT2D eigenvalue weighted by Crippen LogP contribution is -2.21. The van der Waals surface area contributed by atoms with Gasteiger partial charge in [0.25, 0.3) is 0 Å². The van der Waals surface area contributed by atoms with Crippen molar-refractivity contribution in [2.24, 2.45) is 0 Å². The lowest BCUT2D eigenvalue weighted by molar-refractivity contribution is 0.103. The van der Waals surface area contributed by atoms with Crippen LogP contribution in [0.2, 0.25) is 0 Å². The number of aromatic nitrogens is 2. The maximum Gasteiger partial charge on any atom is 0.413 e. The van der Waals surface area contributed by atoms with E-state index in [4.69, 9.17) is 0 Å². The van der Waals surface area contributed by atoms with Gasteiger partial charge in [-0.25, -0.2) is 9.78 Å². The van der Waals surface area contributed by atoms with Crippen LogP contribution < -0.4 is 5.32 Å². The van der Waals surface area contributed by atoms with Crippen LogP contribution in [0.25, 0.3) is 11.0 Å². The average Bonchev–Trinajstić information content (AvgIpc) is 2.97. The van der Waals surface area contributed by atoms with Gasteiger partial charge in [-0.2, -0.15) is 0 Å². The predicted octanol–water partition coefficient (Wildman–Crippen LogP) is 2.96. The number of carbonyl (C=O) groups is 2. The molecule has 134 valence electrons. The summed E-state index contributed by atoms with van der Waals surface area (Å²) in [7, 11) is 5.13. The van der Waals surface area contributed by atoms with Gasteiger partial charge in [0.2, 0.25) is 5.95 Å². The molecule has 0 atom stereocenters. The van der Waals surface area contributed by atoms with Gasteiger partial charge in [-0.1, -0.05) is 30.3 Å². The minimum absolute atomic E-state index is 0.0721. The number of methoxy groups -OCH3 is 1. The first-order valence-electron chi connectivity index (χ1n) is 8.09. The maximum atomic E-state index is 12.7. The van der Waals surface area contributed by atoms with Crippen LogP contribution >= 0.6 is 0 Å². The quantitative estimate of drug-likeness (QED) is 0.715. The molecule has 7 heteroatoms. The van der Waals surface area contributed by atoms with Crippen molar-refractivity contribution in [1.82, 2.24) is 14.5 Å². The molecule has 0 saturated heterocycles. The first kappa shape index (κ1) is 17.6. The van der Waals surface area contributed by atoms with Gasteiger partial charge in [-0.05, 0) is 32.3 Å². The topological polar surface area (TPSA) is 76.5 Å². The minimum atomic E-state index is -0.596. The van der Waals surface area contributed by atoms with Gasteiger partial charge in [0.05, 0.1) is 24.8 Å². The van der Waals surface area contributed by atoms with E-state index >= 15 is 0 Å². The van der Waals surface area contributed by atoms with Crippen molar-refractivity contribution in [3.63, 3.8) is 0 Å².